The third-order valence-corrected chi connectivity index (χ3v) is 3.08. The summed E-state index contributed by atoms with van der Waals surface area (Å²) in [6.07, 6.45) is 3.33. The summed E-state index contributed by atoms with van der Waals surface area (Å²) in [4.78, 5) is 14.5. The highest BCUT2D eigenvalue weighted by molar-refractivity contribution is 7.98. The Bertz CT molecular complexity index is 555. The van der Waals surface area contributed by atoms with Gasteiger partial charge in [0.2, 0.25) is 6.33 Å². The smallest absolute Gasteiger partial charge is 0.490 e. The van der Waals surface area contributed by atoms with Crippen molar-refractivity contribution in [1.82, 2.24) is 14.8 Å². The van der Waals surface area contributed by atoms with Crippen LogP contribution in [-0.4, -0.2) is 32.6 Å². The average Bonchev–Trinajstić information content (AvgIpc) is 2.89. The first-order valence-corrected chi connectivity index (χ1v) is 6.72. The van der Waals surface area contributed by atoms with E-state index in [0.29, 0.717) is 13.2 Å². The van der Waals surface area contributed by atoms with Gasteiger partial charge in [0.05, 0.1) is 6.54 Å². The molecule has 0 aliphatic carbocycles. The summed E-state index contributed by atoms with van der Waals surface area (Å²) >= 11 is 1.66. The first kappa shape index (κ1) is 13.3. The van der Waals surface area contributed by atoms with Gasteiger partial charge in [-0.1, -0.05) is 4.98 Å². The van der Waals surface area contributed by atoms with Gasteiger partial charge in [0.25, 0.3) is 0 Å². The zero-order valence-corrected chi connectivity index (χ0v) is 11.0. The number of hydrogen-bond donors (Lipinski definition) is 0. The van der Waals surface area contributed by atoms with E-state index in [1.54, 1.807) is 11.8 Å². The molecule has 0 fully saturated rings. The van der Waals surface area contributed by atoms with Crippen LogP contribution in [-0.2, 0) is 6.54 Å². The van der Waals surface area contributed by atoms with Crippen LogP contribution in [0.1, 0.15) is 0 Å². The number of rotatable bonds is 6. The van der Waals surface area contributed by atoms with Gasteiger partial charge in [-0.25, -0.2) is 0 Å². The summed E-state index contributed by atoms with van der Waals surface area (Å²) in [5.41, 5.74) is 0. The fraction of sp³-hybridized carbons (Fsp3) is 0.273. The lowest BCUT2D eigenvalue weighted by Crippen LogP contribution is -2.08. The maximum absolute atomic E-state index is 10.4. The quantitative estimate of drug-likeness (QED) is 0.457. The van der Waals surface area contributed by atoms with Crippen LogP contribution in [0.5, 0.6) is 5.75 Å². The summed E-state index contributed by atoms with van der Waals surface area (Å²) in [5.74, 6) is 0.358. The molecule has 0 atom stereocenters. The number of thioether (sulfide) groups is 1. The lowest BCUT2D eigenvalue weighted by atomic mass is 10.3. The highest BCUT2D eigenvalue weighted by atomic mass is 32.2. The van der Waals surface area contributed by atoms with E-state index in [-0.39, 0.29) is 0 Å². The topological polar surface area (TPSA) is 83.1 Å². The predicted molar refractivity (Wildman–Crippen MR) is 70.4 cm³/mol. The number of benzene rings is 1. The molecular formula is C11H12N4O3S. The minimum absolute atomic E-state index is 0.374. The van der Waals surface area contributed by atoms with Gasteiger partial charge >= 0.3 is 5.95 Å². The van der Waals surface area contributed by atoms with Crippen LogP contribution in [0.15, 0.2) is 35.5 Å². The van der Waals surface area contributed by atoms with Gasteiger partial charge < -0.3 is 14.9 Å². The molecule has 0 amide bonds. The Balaban J connectivity index is 1.83. The van der Waals surface area contributed by atoms with E-state index < -0.39 is 10.9 Å². The third-order valence-electron chi connectivity index (χ3n) is 2.34. The minimum atomic E-state index is -0.626. The summed E-state index contributed by atoms with van der Waals surface area (Å²) in [6, 6.07) is 7.71. The molecular weight excluding hydrogens is 268 g/mol. The van der Waals surface area contributed by atoms with Gasteiger partial charge in [0.15, 0.2) is 0 Å². The van der Waals surface area contributed by atoms with Crippen LogP contribution in [0.2, 0.25) is 0 Å². The molecule has 0 saturated carbocycles. The zero-order valence-electron chi connectivity index (χ0n) is 10.2. The number of nitro groups is 1. The maximum Gasteiger partial charge on any atom is 0.490 e. The Morgan fingerprint density at radius 1 is 1.42 bits per heavy atom. The number of nitrogens with zero attached hydrogens (tertiary/aromatic N) is 4. The molecule has 2 aromatic rings. The monoisotopic (exact) mass is 280 g/mol. The molecule has 7 nitrogen and oxygen atoms in total. The SMILES string of the molecule is CSc1ccc(OCCn2cnc([N+](=O)[O-])n2)cc1. The largest absolute Gasteiger partial charge is 0.492 e. The first-order chi connectivity index (χ1) is 9.19. The molecule has 100 valence electrons. The van der Waals surface area contributed by atoms with Gasteiger partial charge in [-0.05, 0) is 35.4 Å². The van der Waals surface area contributed by atoms with E-state index in [2.05, 4.69) is 10.1 Å². The molecule has 0 saturated heterocycles. The van der Waals surface area contributed by atoms with Crippen molar-refractivity contribution in [1.29, 1.82) is 0 Å². The van der Waals surface area contributed by atoms with Crippen molar-refractivity contribution in [3.8, 4) is 5.75 Å². The molecule has 0 unspecified atom stereocenters. The lowest BCUT2D eigenvalue weighted by molar-refractivity contribution is -0.394. The molecule has 0 radical (unpaired) electrons. The van der Waals surface area contributed by atoms with Gasteiger partial charge in [-0.3, -0.25) is 0 Å². The van der Waals surface area contributed by atoms with Crippen LogP contribution in [0.3, 0.4) is 0 Å². The van der Waals surface area contributed by atoms with E-state index in [9.17, 15) is 10.1 Å². The summed E-state index contributed by atoms with van der Waals surface area (Å²) in [5, 5.41) is 14.1. The van der Waals surface area contributed by atoms with Crippen molar-refractivity contribution in [2.45, 2.75) is 11.4 Å². The summed E-state index contributed by atoms with van der Waals surface area (Å²) in [7, 11) is 0. The fourth-order valence-electron chi connectivity index (χ4n) is 1.41. The molecule has 8 heteroatoms. The molecule has 0 aliphatic rings. The normalized spacial score (nSPS) is 10.4. The predicted octanol–water partition coefficient (Wildman–Crippen LogP) is 1.99. The van der Waals surface area contributed by atoms with Crippen molar-refractivity contribution >= 4 is 17.7 Å². The van der Waals surface area contributed by atoms with Crippen LogP contribution in [0, 0.1) is 10.1 Å². The van der Waals surface area contributed by atoms with Crippen LogP contribution < -0.4 is 4.74 Å². The zero-order chi connectivity index (χ0) is 13.7. The molecule has 0 aliphatic heterocycles. The second kappa shape index (κ2) is 6.19. The highest BCUT2D eigenvalue weighted by Crippen LogP contribution is 2.18. The van der Waals surface area contributed by atoms with Crippen molar-refractivity contribution in [2.75, 3.05) is 12.9 Å². The molecule has 1 aromatic heterocycles. The van der Waals surface area contributed by atoms with Crippen molar-refractivity contribution in [3.63, 3.8) is 0 Å². The van der Waals surface area contributed by atoms with Gasteiger partial charge in [-0.15, -0.1) is 11.8 Å². The molecule has 0 N–H and O–H groups in total. The summed E-state index contributed by atoms with van der Waals surface area (Å²) < 4.78 is 6.89. The fourth-order valence-corrected chi connectivity index (χ4v) is 1.81. The van der Waals surface area contributed by atoms with E-state index in [1.807, 2.05) is 30.5 Å². The maximum atomic E-state index is 10.4. The Labute approximate surface area is 113 Å². The van der Waals surface area contributed by atoms with E-state index in [4.69, 9.17) is 4.74 Å². The van der Waals surface area contributed by atoms with Crippen LogP contribution in [0.25, 0.3) is 0 Å². The van der Waals surface area contributed by atoms with Gasteiger partial charge in [0.1, 0.15) is 12.4 Å². The third kappa shape index (κ3) is 3.68. The van der Waals surface area contributed by atoms with Crippen molar-refractivity contribution in [2.24, 2.45) is 0 Å². The minimum Gasteiger partial charge on any atom is -0.492 e. The van der Waals surface area contributed by atoms with E-state index in [1.165, 1.54) is 15.9 Å². The van der Waals surface area contributed by atoms with Gasteiger partial charge in [0, 0.05) is 9.99 Å². The Hall–Kier alpha value is -2.09. The Morgan fingerprint density at radius 2 is 2.16 bits per heavy atom. The molecule has 1 heterocycles. The Kier molecular flexibility index (Phi) is 4.35. The lowest BCUT2D eigenvalue weighted by Gasteiger charge is -2.05. The molecule has 2 rings (SSSR count). The molecule has 0 spiro atoms. The molecule has 1 aromatic carbocycles. The average molecular weight is 280 g/mol. The number of hydrogen-bond acceptors (Lipinski definition) is 6. The van der Waals surface area contributed by atoms with Crippen LogP contribution >= 0.6 is 11.8 Å². The second-order valence-corrected chi connectivity index (χ2v) is 4.47. The molecule has 19 heavy (non-hydrogen) atoms. The first-order valence-electron chi connectivity index (χ1n) is 5.50. The highest BCUT2D eigenvalue weighted by Gasteiger charge is 2.12. The van der Waals surface area contributed by atoms with Crippen molar-refractivity contribution in [3.05, 3.63) is 40.7 Å². The Morgan fingerprint density at radius 3 is 2.74 bits per heavy atom. The van der Waals surface area contributed by atoms with E-state index >= 15 is 0 Å². The van der Waals surface area contributed by atoms with Crippen LogP contribution in [0.4, 0.5) is 5.95 Å². The van der Waals surface area contributed by atoms with Gasteiger partial charge in [-0.2, -0.15) is 4.68 Å². The van der Waals surface area contributed by atoms with Crippen molar-refractivity contribution < 1.29 is 9.66 Å². The second-order valence-electron chi connectivity index (χ2n) is 3.59. The number of ether oxygens (including phenoxy) is 1. The standard InChI is InChI=1S/C11H12N4O3S/c1-19-10-4-2-9(3-5-10)18-7-6-14-8-12-11(13-14)15(16)17/h2-5,8H,6-7H2,1H3. The summed E-state index contributed by atoms with van der Waals surface area (Å²) in [6.45, 7) is 0.782. The molecule has 0 bridgehead atoms. The number of aromatic nitrogens is 3. The van der Waals surface area contributed by atoms with E-state index in [0.717, 1.165) is 5.75 Å².